The molecule has 1 aromatic heterocycles. The smallest absolute Gasteiger partial charge is 0.412 e. The summed E-state index contributed by atoms with van der Waals surface area (Å²) in [5.74, 6) is -0.663. The molecule has 1 unspecified atom stereocenters. The molecule has 9 heteroatoms. The number of esters is 1. The lowest BCUT2D eigenvalue weighted by Crippen LogP contribution is -2.43. The van der Waals surface area contributed by atoms with Crippen LogP contribution in [0.4, 0.5) is 15.3 Å². The summed E-state index contributed by atoms with van der Waals surface area (Å²) < 4.78 is 15.2. The maximum Gasteiger partial charge on any atom is 0.412 e. The molecule has 2 aromatic rings. The molecule has 2 rings (SSSR count). The van der Waals surface area contributed by atoms with Crippen molar-refractivity contribution >= 4 is 23.8 Å². The van der Waals surface area contributed by atoms with E-state index >= 15 is 0 Å². The lowest BCUT2D eigenvalue weighted by atomic mass is 10.1. The number of aromatic nitrogens is 1. The molecule has 1 atom stereocenters. The number of hydrogen-bond donors (Lipinski definition) is 2. The van der Waals surface area contributed by atoms with Crippen molar-refractivity contribution < 1.29 is 28.6 Å². The zero-order valence-electron chi connectivity index (χ0n) is 18.0. The molecular formula is C22H27N3O6. The van der Waals surface area contributed by atoms with Crippen LogP contribution in [0.15, 0.2) is 48.8 Å². The van der Waals surface area contributed by atoms with Crippen LogP contribution in [0.2, 0.25) is 0 Å². The van der Waals surface area contributed by atoms with Crippen LogP contribution in [0.3, 0.4) is 0 Å². The normalized spacial score (nSPS) is 11.7. The summed E-state index contributed by atoms with van der Waals surface area (Å²) in [5.41, 5.74) is 1.05. The first kappa shape index (κ1) is 23.7. The molecule has 166 valence electrons. The summed E-state index contributed by atoms with van der Waals surface area (Å²) in [6.45, 7) is 5.30. The maximum absolute atomic E-state index is 12.2. The molecule has 0 aliphatic carbocycles. The summed E-state index contributed by atoms with van der Waals surface area (Å²) in [7, 11) is 1.22. The lowest BCUT2D eigenvalue weighted by molar-refractivity contribution is -0.143. The van der Waals surface area contributed by atoms with Gasteiger partial charge in [0.05, 0.1) is 12.8 Å². The molecule has 9 nitrogen and oxygen atoms in total. The van der Waals surface area contributed by atoms with Crippen LogP contribution < -0.4 is 10.6 Å². The molecule has 0 aliphatic rings. The van der Waals surface area contributed by atoms with Crippen molar-refractivity contribution in [3.05, 3.63) is 59.9 Å². The van der Waals surface area contributed by atoms with E-state index in [9.17, 15) is 14.4 Å². The number of carbonyl (C=O) groups excluding carboxylic acids is 3. The van der Waals surface area contributed by atoms with E-state index in [1.54, 1.807) is 26.8 Å². The summed E-state index contributed by atoms with van der Waals surface area (Å²) >= 11 is 0. The Labute approximate surface area is 181 Å². The third-order valence-electron chi connectivity index (χ3n) is 3.95. The van der Waals surface area contributed by atoms with Gasteiger partial charge < -0.3 is 19.5 Å². The van der Waals surface area contributed by atoms with Gasteiger partial charge in [-0.3, -0.25) is 10.3 Å². The third-order valence-corrected chi connectivity index (χ3v) is 3.95. The monoisotopic (exact) mass is 429 g/mol. The number of alkyl carbamates (subject to hydrolysis) is 1. The Morgan fingerprint density at radius 1 is 1.06 bits per heavy atom. The molecule has 0 fully saturated rings. The van der Waals surface area contributed by atoms with Crippen LogP contribution in [0.5, 0.6) is 0 Å². The Bertz CT molecular complexity index is 896. The molecule has 0 bridgehead atoms. The van der Waals surface area contributed by atoms with Crippen LogP contribution in [-0.4, -0.2) is 41.9 Å². The number of pyridine rings is 1. The van der Waals surface area contributed by atoms with Gasteiger partial charge in [0, 0.05) is 18.8 Å². The first-order valence-electron chi connectivity index (χ1n) is 9.66. The molecule has 0 aliphatic heterocycles. The lowest BCUT2D eigenvalue weighted by Gasteiger charge is -2.21. The Balaban J connectivity index is 2.06. The fraction of sp³-hybridized carbons (Fsp3) is 0.364. The average molecular weight is 429 g/mol. The number of benzene rings is 1. The van der Waals surface area contributed by atoms with Gasteiger partial charge in [0.2, 0.25) is 0 Å². The zero-order chi connectivity index (χ0) is 22.9. The Hall–Kier alpha value is -3.62. The average Bonchev–Trinajstić information content (AvgIpc) is 2.72. The van der Waals surface area contributed by atoms with Crippen molar-refractivity contribution in [3.63, 3.8) is 0 Å². The third kappa shape index (κ3) is 8.33. The van der Waals surface area contributed by atoms with E-state index in [2.05, 4.69) is 15.6 Å². The second kappa shape index (κ2) is 11.0. The fourth-order valence-electron chi connectivity index (χ4n) is 2.59. The van der Waals surface area contributed by atoms with Crippen LogP contribution >= 0.6 is 0 Å². The minimum Gasteiger partial charge on any atom is -0.467 e. The SMILES string of the molecule is COC(=O)C(Cc1cnccc1NC(=O)OC(C)(C)C)NC(=O)OCc1ccccc1. The molecule has 0 saturated heterocycles. The Morgan fingerprint density at radius 3 is 2.42 bits per heavy atom. The van der Waals surface area contributed by atoms with Gasteiger partial charge in [-0.1, -0.05) is 30.3 Å². The van der Waals surface area contributed by atoms with Crippen molar-refractivity contribution in [2.24, 2.45) is 0 Å². The van der Waals surface area contributed by atoms with Crippen molar-refractivity contribution in [1.82, 2.24) is 10.3 Å². The highest BCUT2D eigenvalue weighted by Crippen LogP contribution is 2.18. The van der Waals surface area contributed by atoms with E-state index in [0.717, 1.165) is 5.56 Å². The van der Waals surface area contributed by atoms with E-state index in [-0.39, 0.29) is 13.0 Å². The molecule has 2 N–H and O–H groups in total. The largest absolute Gasteiger partial charge is 0.467 e. The van der Waals surface area contributed by atoms with Gasteiger partial charge in [0.15, 0.2) is 0 Å². The number of rotatable bonds is 7. The number of nitrogens with one attached hydrogen (secondary N) is 2. The molecule has 1 heterocycles. The Kier molecular flexibility index (Phi) is 8.36. The van der Waals surface area contributed by atoms with Gasteiger partial charge in [-0.05, 0) is 38.0 Å². The highest BCUT2D eigenvalue weighted by molar-refractivity contribution is 5.86. The van der Waals surface area contributed by atoms with Gasteiger partial charge >= 0.3 is 18.2 Å². The predicted octanol–water partition coefficient (Wildman–Crippen LogP) is 3.44. The van der Waals surface area contributed by atoms with E-state index in [1.165, 1.54) is 19.5 Å². The predicted molar refractivity (Wildman–Crippen MR) is 113 cm³/mol. The summed E-state index contributed by atoms with van der Waals surface area (Å²) in [5, 5.41) is 5.13. The van der Waals surface area contributed by atoms with E-state index in [0.29, 0.717) is 11.3 Å². The minimum atomic E-state index is -1.04. The fourth-order valence-corrected chi connectivity index (χ4v) is 2.59. The molecule has 2 amide bonds. The van der Waals surface area contributed by atoms with Gasteiger partial charge in [-0.25, -0.2) is 14.4 Å². The van der Waals surface area contributed by atoms with Crippen molar-refractivity contribution in [3.8, 4) is 0 Å². The van der Waals surface area contributed by atoms with Crippen LogP contribution in [0.25, 0.3) is 0 Å². The molecule has 0 radical (unpaired) electrons. The van der Waals surface area contributed by atoms with Gasteiger partial charge in [0.1, 0.15) is 18.2 Å². The maximum atomic E-state index is 12.2. The van der Waals surface area contributed by atoms with Crippen molar-refractivity contribution in [2.75, 3.05) is 12.4 Å². The molecule has 1 aromatic carbocycles. The van der Waals surface area contributed by atoms with E-state index in [4.69, 9.17) is 14.2 Å². The number of ether oxygens (including phenoxy) is 3. The second-order valence-corrected chi connectivity index (χ2v) is 7.65. The van der Waals surface area contributed by atoms with Crippen molar-refractivity contribution in [1.29, 1.82) is 0 Å². The van der Waals surface area contributed by atoms with Crippen molar-refractivity contribution in [2.45, 2.75) is 45.4 Å². The highest BCUT2D eigenvalue weighted by Gasteiger charge is 2.25. The summed E-state index contributed by atoms with van der Waals surface area (Å²) in [6, 6.07) is 9.67. The standard InChI is InChI=1S/C22H27N3O6/c1-22(2,3)31-21(28)24-17-10-11-23-13-16(17)12-18(19(26)29-4)25-20(27)30-14-15-8-6-5-7-9-15/h5-11,13,18H,12,14H2,1-4H3,(H,25,27)(H,23,24,28). The van der Waals surface area contributed by atoms with Crippen LogP contribution in [0.1, 0.15) is 31.9 Å². The zero-order valence-corrected chi connectivity index (χ0v) is 18.0. The Morgan fingerprint density at radius 2 is 1.77 bits per heavy atom. The van der Waals surface area contributed by atoms with Crippen LogP contribution in [-0.2, 0) is 32.0 Å². The number of nitrogens with zero attached hydrogens (tertiary/aromatic N) is 1. The van der Waals surface area contributed by atoms with E-state index in [1.807, 2.05) is 30.3 Å². The first-order valence-corrected chi connectivity index (χ1v) is 9.66. The van der Waals surface area contributed by atoms with Gasteiger partial charge in [-0.15, -0.1) is 0 Å². The number of methoxy groups -OCH3 is 1. The van der Waals surface area contributed by atoms with E-state index < -0.39 is 29.8 Å². The summed E-state index contributed by atoms with van der Waals surface area (Å²) in [6.07, 6.45) is 1.57. The number of amides is 2. The first-order chi connectivity index (χ1) is 14.7. The minimum absolute atomic E-state index is 0.0199. The molecule has 31 heavy (non-hydrogen) atoms. The van der Waals surface area contributed by atoms with Gasteiger partial charge in [-0.2, -0.15) is 0 Å². The molecular weight excluding hydrogens is 402 g/mol. The highest BCUT2D eigenvalue weighted by atomic mass is 16.6. The number of carbonyl (C=O) groups is 3. The quantitative estimate of drug-likeness (QED) is 0.512. The molecule has 0 saturated carbocycles. The van der Waals surface area contributed by atoms with Crippen LogP contribution in [0, 0.1) is 0 Å². The summed E-state index contributed by atoms with van der Waals surface area (Å²) in [4.78, 5) is 40.6. The number of anilines is 1. The van der Waals surface area contributed by atoms with Gasteiger partial charge in [0.25, 0.3) is 0 Å². The second-order valence-electron chi connectivity index (χ2n) is 7.65. The molecule has 0 spiro atoms. The number of hydrogen-bond acceptors (Lipinski definition) is 7. The topological polar surface area (TPSA) is 116 Å².